The van der Waals surface area contributed by atoms with Crippen LogP contribution in [0.2, 0.25) is 0 Å². The molecule has 1 aliphatic heterocycles. The number of nitrogens with one attached hydrogen (secondary N) is 1. The SMILES string of the molecule is CCNCCn1nc(C)c(S(=O)(=O)N2CCC(C)C2)c1C. The van der Waals surface area contributed by atoms with E-state index in [0.717, 1.165) is 25.2 Å². The van der Waals surface area contributed by atoms with Crippen molar-refractivity contribution >= 4 is 10.0 Å². The summed E-state index contributed by atoms with van der Waals surface area (Å²) in [7, 11) is -3.41. The van der Waals surface area contributed by atoms with Crippen LogP contribution in [-0.2, 0) is 16.6 Å². The molecule has 120 valence electrons. The minimum Gasteiger partial charge on any atom is -0.315 e. The summed E-state index contributed by atoms with van der Waals surface area (Å²) in [4.78, 5) is 0.396. The maximum atomic E-state index is 12.8. The molecule has 0 radical (unpaired) electrons. The van der Waals surface area contributed by atoms with E-state index >= 15 is 0 Å². The fraction of sp³-hybridized carbons (Fsp3) is 0.786. The van der Waals surface area contributed by atoms with Gasteiger partial charge in [-0.15, -0.1) is 0 Å². The highest BCUT2D eigenvalue weighted by atomic mass is 32.2. The molecular weight excluding hydrogens is 288 g/mol. The maximum absolute atomic E-state index is 12.8. The van der Waals surface area contributed by atoms with E-state index in [9.17, 15) is 8.42 Å². The summed E-state index contributed by atoms with van der Waals surface area (Å²) in [5.74, 6) is 0.434. The Morgan fingerprint density at radius 2 is 2.10 bits per heavy atom. The first-order valence-electron chi connectivity index (χ1n) is 7.62. The van der Waals surface area contributed by atoms with Gasteiger partial charge in [-0.25, -0.2) is 8.42 Å². The van der Waals surface area contributed by atoms with Crippen LogP contribution in [0.1, 0.15) is 31.7 Å². The second-order valence-electron chi connectivity index (χ2n) is 5.83. The lowest BCUT2D eigenvalue weighted by Gasteiger charge is -2.16. The summed E-state index contributed by atoms with van der Waals surface area (Å²) in [5.41, 5.74) is 1.34. The van der Waals surface area contributed by atoms with Gasteiger partial charge in [0.25, 0.3) is 0 Å². The topological polar surface area (TPSA) is 67.2 Å². The number of sulfonamides is 1. The summed E-state index contributed by atoms with van der Waals surface area (Å²) in [6, 6.07) is 0. The Bertz CT molecular complexity index is 594. The number of likely N-dealkylation sites (N-methyl/N-ethyl adjacent to an activating group) is 1. The van der Waals surface area contributed by atoms with E-state index < -0.39 is 10.0 Å². The summed E-state index contributed by atoms with van der Waals surface area (Å²) >= 11 is 0. The van der Waals surface area contributed by atoms with E-state index in [0.29, 0.717) is 36.1 Å². The first kappa shape index (κ1) is 16.5. The van der Waals surface area contributed by atoms with Crippen LogP contribution in [0.5, 0.6) is 0 Å². The third-order valence-electron chi connectivity index (χ3n) is 4.05. The predicted octanol–water partition coefficient (Wildman–Crippen LogP) is 1.14. The highest BCUT2D eigenvalue weighted by molar-refractivity contribution is 7.89. The standard InChI is InChI=1S/C14H26N4O2S/c1-5-15-7-9-18-13(4)14(12(3)16-18)21(19,20)17-8-6-11(2)10-17/h11,15H,5-10H2,1-4H3. The fourth-order valence-corrected chi connectivity index (χ4v) is 4.82. The highest BCUT2D eigenvalue weighted by Crippen LogP contribution is 2.28. The van der Waals surface area contributed by atoms with Gasteiger partial charge in [0.05, 0.1) is 17.9 Å². The lowest BCUT2D eigenvalue weighted by molar-refractivity contribution is 0.463. The molecule has 0 spiro atoms. The maximum Gasteiger partial charge on any atom is 0.246 e. The minimum absolute atomic E-state index is 0.396. The third kappa shape index (κ3) is 3.30. The minimum atomic E-state index is -3.41. The molecule has 0 amide bonds. The number of hydrogen-bond acceptors (Lipinski definition) is 4. The van der Waals surface area contributed by atoms with E-state index in [4.69, 9.17) is 0 Å². The van der Waals surface area contributed by atoms with Crippen molar-refractivity contribution < 1.29 is 8.42 Å². The number of nitrogens with zero attached hydrogens (tertiary/aromatic N) is 3. The van der Waals surface area contributed by atoms with Crippen molar-refractivity contribution in [1.82, 2.24) is 19.4 Å². The van der Waals surface area contributed by atoms with Crippen LogP contribution in [0.4, 0.5) is 0 Å². The normalized spacial score (nSPS) is 20.3. The Labute approximate surface area is 127 Å². The molecule has 1 aromatic rings. The van der Waals surface area contributed by atoms with Gasteiger partial charge in [0.15, 0.2) is 0 Å². The second kappa shape index (κ2) is 6.46. The Morgan fingerprint density at radius 3 is 2.67 bits per heavy atom. The first-order valence-corrected chi connectivity index (χ1v) is 9.06. The number of aromatic nitrogens is 2. The van der Waals surface area contributed by atoms with Crippen molar-refractivity contribution in [3.8, 4) is 0 Å². The van der Waals surface area contributed by atoms with E-state index in [2.05, 4.69) is 17.3 Å². The fourth-order valence-electron chi connectivity index (χ4n) is 2.88. The Morgan fingerprint density at radius 1 is 1.38 bits per heavy atom. The van der Waals surface area contributed by atoms with Crippen LogP contribution in [0.25, 0.3) is 0 Å². The Hall–Kier alpha value is -0.920. The molecule has 7 heteroatoms. The summed E-state index contributed by atoms with van der Waals surface area (Å²) in [5, 5.41) is 7.64. The molecule has 2 rings (SSSR count). The zero-order valence-electron chi connectivity index (χ0n) is 13.4. The van der Waals surface area contributed by atoms with Crippen molar-refractivity contribution in [2.75, 3.05) is 26.2 Å². The molecule has 1 saturated heterocycles. The van der Waals surface area contributed by atoms with Crippen LogP contribution < -0.4 is 5.32 Å². The van der Waals surface area contributed by atoms with Crippen LogP contribution in [0.15, 0.2) is 4.90 Å². The number of rotatable bonds is 6. The zero-order chi connectivity index (χ0) is 15.6. The molecule has 1 N–H and O–H groups in total. The third-order valence-corrected chi connectivity index (χ3v) is 6.17. The molecular formula is C14H26N4O2S. The van der Waals surface area contributed by atoms with E-state index in [-0.39, 0.29) is 0 Å². The van der Waals surface area contributed by atoms with Crippen molar-refractivity contribution in [1.29, 1.82) is 0 Å². The average molecular weight is 314 g/mol. The van der Waals surface area contributed by atoms with Crippen molar-refractivity contribution in [3.05, 3.63) is 11.4 Å². The van der Waals surface area contributed by atoms with Gasteiger partial charge in [-0.05, 0) is 32.7 Å². The smallest absolute Gasteiger partial charge is 0.246 e. The summed E-state index contributed by atoms with van der Waals surface area (Å²) < 4.78 is 29.0. The van der Waals surface area contributed by atoms with E-state index in [1.54, 1.807) is 15.9 Å². The predicted molar refractivity (Wildman–Crippen MR) is 82.8 cm³/mol. The van der Waals surface area contributed by atoms with Gasteiger partial charge in [0.1, 0.15) is 4.90 Å². The van der Waals surface area contributed by atoms with Crippen molar-refractivity contribution in [2.24, 2.45) is 5.92 Å². The molecule has 0 saturated carbocycles. The molecule has 2 heterocycles. The average Bonchev–Trinajstić information content (AvgIpc) is 2.95. The molecule has 1 atom stereocenters. The van der Waals surface area contributed by atoms with Crippen LogP contribution in [-0.4, -0.2) is 48.7 Å². The Balaban J connectivity index is 2.27. The molecule has 0 aromatic carbocycles. The largest absolute Gasteiger partial charge is 0.315 e. The van der Waals surface area contributed by atoms with Gasteiger partial charge >= 0.3 is 0 Å². The quantitative estimate of drug-likeness (QED) is 0.800. The van der Waals surface area contributed by atoms with Crippen molar-refractivity contribution in [2.45, 2.75) is 45.6 Å². The van der Waals surface area contributed by atoms with Crippen molar-refractivity contribution in [3.63, 3.8) is 0 Å². The molecule has 1 unspecified atom stereocenters. The first-order chi connectivity index (χ1) is 9.87. The lowest BCUT2D eigenvalue weighted by Crippen LogP contribution is -2.29. The van der Waals surface area contributed by atoms with Gasteiger partial charge in [0.2, 0.25) is 10.0 Å². The molecule has 21 heavy (non-hydrogen) atoms. The van der Waals surface area contributed by atoms with Gasteiger partial charge in [0, 0.05) is 19.6 Å². The summed E-state index contributed by atoms with van der Waals surface area (Å²) in [6.45, 7) is 11.4. The van der Waals surface area contributed by atoms with Crippen LogP contribution in [0, 0.1) is 19.8 Å². The van der Waals surface area contributed by atoms with Gasteiger partial charge in [-0.2, -0.15) is 9.40 Å². The number of aryl methyl sites for hydroxylation is 1. The van der Waals surface area contributed by atoms with Gasteiger partial charge < -0.3 is 5.32 Å². The molecule has 1 aliphatic rings. The summed E-state index contributed by atoms with van der Waals surface area (Å²) in [6.07, 6.45) is 0.936. The van der Waals surface area contributed by atoms with E-state index in [1.807, 2.05) is 13.8 Å². The molecule has 6 nitrogen and oxygen atoms in total. The van der Waals surface area contributed by atoms with Crippen LogP contribution in [0.3, 0.4) is 0 Å². The van der Waals surface area contributed by atoms with Gasteiger partial charge in [-0.3, -0.25) is 4.68 Å². The van der Waals surface area contributed by atoms with E-state index in [1.165, 1.54) is 0 Å². The number of hydrogen-bond donors (Lipinski definition) is 1. The Kier molecular flexibility index (Phi) is 5.06. The second-order valence-corrected chi connectivity index (χ2v) is 7.71. The molecule has 0 aliphatic carbocycles. The monoisotopic (exact) mass is 314 g/mol. The van der Waals surface area contributed by atoms with Crippen LogP contribution >= 0.6 is 0 Å². The zero-order valence-corrected chi connectivity index (χ0v) is 14.2. The van der Waals surface area contributed by atoms with Gasteiger partial charge in [-0.1, -0.05) is 13.8 Å². The highest BCUT2D eigenvalue weighted by Gasteiger charge is 2.34. The molecule has 1 fully saturated rings. The lowest BCUT2D eigenvalue weighted by atomic mass is 10.2. The molecule has 1 aromatic heterocycles. The molecule has 0 bridgehead atoms.